The first-order valence-corrected chi connectivity index (χ1v) is 8.80. The lowest BCUT2D eigenvalue weighted by atomic mass is 10.1. The number of carbonyl (C=O) groups is 1. The number of ether oxygens (including phenoxy) is 1. The zero-order valence-corrected chi connectivity index (χ0v) is 15.8. The highest BCUT2D eigenvalue weighted by Crippen LogP contribution is 2.22. The number of hydrogen-bond donors (Lipinski definition) is 0. The fourth-order valence-corrected chi connectivity index (χ4v) is 3.02. The lowest BCUT2D eigenvalue weighted by Gasteiger charge is -2.06. The van der Waals surface area contributed by atoms with Gasteiger partial charge in [0.05, 0.1) is 23.9 Å². The first kappa shape index (κ1) is 18.7. The van der Waals surface area contributed by atoms with Gasteiger partial charge in [-0.15, -0.1) is 0 Å². The topological polar surface area (TPSA) is 67.9 Å². The van der Waals surface area contributed by atoms with E-state index in [1.165, 1.54) is 5.56 Å². The van der Waals surface area contributed by atoms with Crippen LogP contribution in [0.3, 0.4) is 0 Å². The van der Waals surface area contributed by atoms with Crippen LogP contribution in [-0.2, 0) is 17.9 Å². The number of carbonyl (C=O) groups excluding carboxylic acids is 1. The lowest BCUT2D eigenvalue weighted by molar-refractivity contribution is 0.0472. The summed E-state index contributed by atoms with van der Waals surface area (Å²) in [5, 5.41) is 13.6. The van der Waals surface area contributed by atoms with Gasteiger partial charge in [-0.1, -0.05) is 53.6 Å². The Labute approximate surface area is 162 Å². The Morgan fingerprint density at radius 3 is 2.63 bits per heavy atom. The zero-order chi connectivity index (χ0) is 19.4. The minimum Gasteiger partial charge on any atom is -0.457 e. The van der Waals surface area contributed by atoms with Gasteiger partial charge in [0.2, 0.25) is 0 Å². The Hall–Kier alpha value is -3.10. The van der Waals surface area contributed by atoms with E-state index in [0.29, 0.717) is 17.8 Å². The van der Waals surface area contributed by atoms with Crippen LogP contribution in [0.2, 0.25) is 5.15 Å². The van der Waals surface area contributed by atoms with Crippen molar-refractivity contribution in [1.29, 1.82) is 5.26 Å². The summed E-state index contributed by atoms with van der Waals surface area (Å²) in [7, 11) is 0. The average molecular weight is 380 g/mol. The Bertz CT molecular complexity index is 1020. The molecule has 3 aromatic rings. The first-order valence-electron chi connectivity index (χ1n) is 8.42. The fourth-order valence-electron chi connectivity index (χ4n) is 2.71. The molecule has 0 aliphatic rings. The molecule has 136 valence electrons. The number of aromatic nitrogens is 2. The largest absolute Gasteiger partial charge is 0.457 e. The Balaban J connectivity index is 1.74. The van der Waals surface area contributed by atoms with Gasteiger partial charge in [0, 0.05) is 0 Å². The summed E-state index contributed by atoms with van der Waals surface area (Å²) in [6.45, 7) is 4.28. The standard InChI is InChI=1S/C21H18ClN3O2/c1-14-6-8-16(9-7-14)12-25-20(22)19(15(2)24-25)21(26)27-13-18-5-3-4-17(10-18)11-23/h3-10H,12-13H2,1-2H3. The molecule has 0 unspecified atom stereocenters. The number of hydrogen-bond acceptors (Lipinski definition) is 4. The van der Waals surface area contributed by atoms with Gasteiger partial charge in [-0.3, -0.25) is 0 Å². The molecule has 2 aromatic carbocycles. The molecule has 0 bridgehead atoms. The quantitative estimate of drug-likeness (QED) is 0.615. The molecule has 6 heteroatoms. The van der Waals surface area contributed by atoms with E-state index in [2.05, 4.69) is 11.2 Å². The summed E-state index contributed by atoms with van der Waals surface area (Å²) in [5.41, 5.74) is 4.25. The Morgan fingerprint density at radius 2 is 1.93 bits per heavy atom. The summed E-state index contributed by atoms with van der Waals surface area (Å²) in [6.07, 6.45) is 0. The Kier molecular flexibility index (Phi) is 5.58. The lowest BCUT2D eigenvalue weighted by Crippen LogP contribution is -2.07. The van der Waals surface area contributed by atoms with E-state index in [-0.39, 0.29) is 17.3 Å². The molecule has 1 aromatic heterocycles. The van der Waals surface area contributed by atoms with Crippen LogP contribution < -0.4 is 0 Å². The monoisotopic (exact) mass is 379 g/mol. The van der Waals surface area contributed by atoms with E-state index >= 15 is 0 Å². The van der Waals surface area contributed by atoms with Crippen LogP contribution >= 0.6 is 11.6 Å². The van der Waals surface area contributed by atoms with Crippen LogP contribution in [0.25, 0.3) is 0 Å². The summed E-state index contributed by atoms with van der Waals surface area (Å²) in [6, 6.07) is 17.0. The second-order valence-electron chi connectivity index (χ2n) is 6.28. The van der Waals surface area contributed by atoms with E-state index in [1.807, 2.05) is 31.2 Å². The predicted molar refractivity (Wildman–Crippen MR) is 103 cm³/mol. The van der Waals surface area contributed by atoms with Gasteiger partial charge in [-0.2, -0.15) is 10.4 Å². The average Bonchev–Trinajstić information content (AvgIpc) is 2.95. The van der Waals surface area contributed by atoms with Crippen LogP contribution in [0, 0.1) is 25.2 Å². The van der Waals surface area contributed by atoms with Gasteiger partial charge in [0.15, 0.2) is 0 Å². The van der Waals surface area contributed by atoms with E-state index < -0.39 is 5.97 Å². The van der Waals surface area contributed by atoms with Gasteiger partial charge >= 0.3 is 5.97 Å². The van der Waals surface area contributed by atoms with Gasteiger partial charge in [-0.25, -0.2) is 9.48 Å². The van der Waals surface area contributed by atoms with Crippen LogP contribution in [-0.4, -0.2) is 15.7 Å². The van der Waals surface area contributed by atoms with E-state index in [1.54, 1.807) is 35.9 Å². The molecule has 0 aliphatic carbocycles. The third kappa shape index (κ3) is 4.36. The second-order valence-corrected chi connectivity index (χ2v) is 6.64. The molecule has 0 saturated heterocycles. The maximum absolute atomic E-state index is 12.5. The molecular formula is C21H18ClN3O2. The van der Waals surface area contributed by atoms with Crippen LogP contribution in [0.15, 0.2) is 48.5 Å². The SMILES string of the molecule is Cc1ccc(Cn2nc(C)c(C(=O)OCc3cccc(C#N)c3)c2Cl)cc1. The van der Waals surface area contributed by atoms with E-state index in [9.17, 15) is 4.79 Å². The maximum Gasteiger partial charge on any atom is 0.343 e. The van der Waals surface area contributed by atoms with Crippen molar-refractivity contribution >= 4 is 17.6 Å². The molecular weight excluding hydrogens is 362 g/mol. The highest BCUT2D eigenvalue weighted by molar-refractivity contribution is 6.32. The summed E-state index contributed by atoms with van der Waals surface area (Å²) in [5.74, 6) is -0.532. The van der Waals surface area contributed by atoms with Crippen molar-refractivity contribution in [2.45, 2.75) is 27.0 Å². The van der Waals surface area contributed by atoms with Crippen LogP contribution in [0.5, 0.6) is 0 Å². The van der Waals surface area contributed by atoms with Crippen LogP contribution in [0.4, 0.5) is 0 Å². The van der Waals surface area contributed by atoms with Crippen molar-refractivity contribution in [3.63, 3.8) is 0 Å². The molecule has 27 heavy (non-hydrogen) atoms. The molecule has 3 rings (SSSR count). The number of rotatable bonds is 5. The number of halogens is 1. The van der Waals surface area contributed by atoms with Gasteiger partial charge in [-0.05, 0) is 37.1 Å². The molecule has 0 fully saturated rings. The highest BCUT2D eigenvalue weighted by atomic mass is 35.5. The number of nitriles is 1. The summed E-state index contributed by atoms with van der Waals surface area (Å²) in [4.78, 5) is 12.5. The second kappa shape index (κ2) is 8.07. The summed E-state index contributed by atoms with van der Waals surface area (Å²) < 4.78 is 6.96. The number of aryl methyl sites for hydroxylation is 2. The molecule has 0 N–H and O–H groups in total. The van der Waals surface area contributed by atoms with Crippen molar-refractivity contribution in [2.75, 3.05) is 0 Å². The highest BCUT2D eigenvalue weighted by Gasteiger charge is 2.22. The molecule has 5 nitrogen and oxygen atoms in total. The molecule has 0 radical (unpaired) electrons. The van der Waals surface area contributed by atoms with Crippen molar-refractivity contribution < 1.29 is 9.53 Å². The molecule has 0 atom stereocenters. The van der Waals surface area contributed by atoms with Crippen LogP contribution in [0.1, 0.15) is 38.3 Å². The van der Waals surface area contributed by atoms with E-state index in [0.717, 1.165) is 11.1 Å². The molecule has 0 aliphatic heterocycles. The van der Waals surface area contributed by atoms with Gasteiger partial charge < -0.3 is 4.74 Å². The smallest absolute Gasteiger partial charge is 0.343 e. The zero-order valence-electron chi connectivity index (χ0n) is 15.1. The minimum atomic E-state index is -0.532. The summed E-state index contributed by atoms with van der Waals surface area (Å²) >= 11 is 6.39. The first-order chi connectivity index (χ1) is 13.0. The van der Waals surface area contributed by atoms with E-state index in [4.69, 9.17) is 21.6 Å². The Morgan fingerprint density at radius 1 is 1.19 bits per heavy atom. The third-order valence-corrected chi connectivity index (χ3v) is 4.53. The number of nitrogens with zero attached hydrogens (tertiary/aromatic N) is 3. The van der Waals surface area contributed by atoms with Gasteiger partial charge in [0.1, 0.15) is 17.3 Å². The molecule has 0 amide bonds. The normalized spacial score (nSPS) is 10.4. The number of benzene rings is 2. The predicted octanol–water partition coefficient (Wildman–Crippen LogP) is 4.43. The molecule has 0 saturated carbocycles. The van der Waals surface area contributed by atoms with Gasteiger partial charge in [0.25, 0.3) is 0 Å². The van der Waals surface area contributed by atoms with Crippen molar-refractivity contribution in [1.82, 2.24) is 9.78 Å². The molecule has 1 heterocycles. The molecule has 0 spiro atoms. The number of esters is 1. The third-order valence-electron chi connectivity index (χ3n) is 4.15. The fraction of sp³-hybridized carbons (Fsp3) is 0.190. The maximum atomic E-state index is 12.5. The minimum absolute atomic E-state index is 0.0628. The van der Waals surface area contributed by atoms with Crippen molar-refractivity contribution in [2.24, 2.45) is 0 Å². The van der Waals surface area contributed by atoms with Crippen molar-refractivity contribution in [3.05, 3.63) is 87.2 Å². The van der Waals surface area contributed by atoms with Crippen molar-refractivity contribution in [3.8, 4) is 6.07 Å².